The minimum Gasteiger partial charge on any atom is -0.296 e. The highest BCUT2D eigenvalue weighted by molar-refractivity contribution is 9.18. The fraction of sp³-hybridized carbons (Fsp3) is 0.353. The highest BCUT2D eigenvalue weighted by Gasteiger charge is 2.53. The Morgan fingerprint density at radius 2 is 2.08 bits per heavy atom. The average Bonchev–Trinajstić information content (AvgIpc) is 2.86. The topological polar surface area (TPSA) is 73.1 Å². The molecule has 1 saturated heterocycles. The number of carbonyl (C=O) groups is 3. The highest BCUT2D eigenvalue weighted by atomic mass is 79.9. The summed E-state index contributed by atoms with van der Waals surface area (Å²) in [5, 5.41) is 0. The molecule has 1 aromatic carbocycles. The van der Waals surface area contributed by atoms with Crippen LogP contribution in [0.1, 0.15) is 18.1 Å². The van der Waals surface area contributed by atoms with Crippen molar-refractivity contribution in [1.29, 1.82) is 0 Å². The Kier molecular flexibility index (Phi) is 4.55. The van der Waals surface area contributed by atoms with Crippen LogP contribution < -0.4 is 0 Å². The summed E-state index contributed by atoms with van der Waals surface area (Å²) in [6, 6.07) is 6.47. The molecule has 1 unspecified atom stereocenters. The van der Waals surface area contributed by atoms with E-state index in [1.54, 1.807) is 11.6 Å². The lowest BCUT2D eigenvalue weighted by Gasteiger charge is -2.33. The fourth-order valence-corrected chi connectivity index (χ4v) is 3.54. The van der Waals surface area contributed by atoms with Crippen LogP contribution in [0.5, 0.6) is 0 Å². The Morgan fingerprint density at radius 3 is 2.72 bits per heavy atom. The zero-order chi connectivity index (χ0) is 18.3. The highest BCUT2D eigenvalue weighted by Crippen LogP contribution is 2.23. The molecule has 1 aromatic rings. The number of hydrogen-bond acceptors (Lipinski definition) is 4. The molecule has 0 aliphatic carbocycles. The van der Waals surface area contributed by atoms with Gasteiger partial charge in [-0.25, -0.2) is 9.37 Å². The maximum Gasteiger partial charge on any atom is 0.365 e. The summed E-state index contributed by atoms with van der Waals surface area (Å²) in [5.74, 6) is -0.131. The molecule has 1 atom stereocenters. The molecule has 3 amide bonds. The number of Topliss-reactive ketones (excluding diaryl/α,β-unsaturated/α-hetero) is 1. The first-order valence-corrected chi connectivity index (χ1v) is 8.60. The lowest BCUT2D eigenvalue weighted by molar-refractivity contribution is -0.521. The minimum atomic E-state index is -0.772. The van der Waals surface area contributed by atoms with Gasteiger partial charge in [0.05, 0.1) is 22.5 Å². The lowest BCUT2D eigenvalue weighted by Crippen LogP contribution is -2.62. The van der Waals surface area contributed by atoms with Crippen LogP contribution in [0.3, 0.4) is 0 Å². The van der Waals surface area contributed by atoms with Gasteiger partial charge in [-0.15, -0.1) is 0 Å². The Balaban J connectivity index is 1.94. The van der Waals surface area contributed by atoms with E-state index in [4.69, 9.17) is 0 Å². The normalized spacial score (nSPS) is 20.2. The third-order valence-corrected chi connectivity index (χ3v) is 4.81. The van der Waals surface area contributed by atoms with E-state index in [0.29, 0.717) is 10.6 Å². The first-order valence-electron chi connectivity index (χ1n) is 7.81. The molecule has 3 rings (SSSR count). The van der Waals surface area contributed by atoms with E-state index < -0.39 is 12.1 Å². The molecule has 8 heteroatoms. The number of amides is 3. The van der Waals surface area contributed by atoms with Crippen molar-refractivity contribution in [3.63, 3.8) is 0 Å². The first kappa shape index (κ1) is 17.5. The Labute approximate surface area is 153 Å². The van der Waals surface area contributed by atoms with Gasteiger partial charge in [0.25, 0.3) is 17.8 Å². The number of nitrogens with zero attached hydrogens (tertiary/aromatic N) is 4. The zero-order valence-corrected chi connectivity index (χ0v) is 15.8. The van der Waals surface area contributed by atoms with E-state index in [9.17, 15) is 14.4 Å². The average molecular weight is 406 g/mol. The first-order chi connectivity index (χ1) is 11.8. The largest absolute Gasteiger partial charge is 0.365 e. The molecule has 7 nitrogen and oxygen atoms in total. The van der Waals surface area contributed by atoms with Gasteiger partial charge < -0.3 is 0 Å². The number of rotatable bonds is 4. The number of benzene rings is 1. The second-order valence-corrected chi connectivity index (χ2v) is 6.94. The van der Waals surface area contributed by atoms with Gasteiger partial charge in [0, 0.05) is 7.05 Å². The fourth-order valence-electron chi connectivity index (χ4n) is 3.02. The number of urea groups is 1. The zero-order valence-electron chi connectivity index (χ0n) is 14.2. The van der Waals surface area contributed by atoms with Crippen LogP contribution in [0.15, 0.2) is 29.3 Å². The maximum absolute atomic E-state index is 13.0. The molecule has 1 fully saturated rings. The molecule has 25 heavy (non-hydrogen) atoms. The van der Waals surface area contributed by atoms with Gasteiger partial charge in [0.15, 0.2) is 5.78 Å². The van der Waals surface area contributed by atoms with E-state index in [0.717, 1.165) is 11.1 Å². The molecule has 2 aliphatic rings. The van der Waals surface area contributed by atoms with Crippen LogP contribution in [0.25, 0.3) is 0 Å². The molecular weight excluding hydrogens is 388 g/mol. The third-order valence-electron chi connectivity index (χ3n) is 4.18. The molecule has 0 spiro atoms. The number of halogens is 1. The monoisotopic (exact) mass is 405 g/mol. The summed E-state index contributed by atoms with van der Waals surface area (Å²) in [5.41, 5.74) is 1.93. The van der Waals surface area contributed by atoms with Crippen LogP contribution in [0.4, 0.5) is 4.79 Å². The number of aliphatic imine (C=N–C) groups is 1. The van der Waals surface area contributed by atoms with Crippen LogP contribution in [0, 0.1) is 6.92 Å². The maximum atomic E-state index is 13.0. The third kappa shape index (κ3) is 3.13. The Hall–Kier alpha value is -2.35. The molecule has 0 N–H and O–H groups in total. The van der Waals surface area contributed by atoms with Crippen LogP contribution in [0.2, 0.25) is 0 Å². The summed E-state index contributed by atoms with van der Waals surface area (Å²) in [6.07, 6.45) is 0. The number of aryl methyl sites for hydroxylation is 1. The number of ketones is 1. The molecule has 0 radical (unpaired) electrons. The van der Waals surface area contributed by atoms with Gasteiger partial charge in [-0.05, 0) is 24.4 Å². The number of carbonyl (C=O) groups excluding carboxylic acids is 3. The van der Waals surface area contributed by atoms with Crippen molar-refractivity contribution in [3.05, 3.63) is 35.4 Å². The quantitative estimate of drug-likeness (QED) is 0.562. The summed E-state index contributed by atoms with van der Waals surface area (Å²) >= 11 is 3.29. The van der Waals surface area contributed by atoms with Crippen molar-refractivity contribution in [3.8, 4) is 0 Å². The van der Waals surface area contributed by atoms with E-state index in [1.165, 1.54) is 16.7 Å². The number of likely N-dealkylation sites (N-methyl/N-ethyl adjacent to an activating group) is 1. The molecular formula is C17H18BrN4O3+. The van der Waals surface area contributed by atoms with Crippen LogP contribution >= 0.6 is 15.9 Å². The van der Waals surface area contributed by atoms with E-state index in [2.05, 4.69) is 20.9 Å². The molecule has 0 bridgehead atoms. The summed E-state index contributed by atoms with van der Waals surface area (Å²) < 4.78 is 1.96. The summed E-state index contributed by atoms with van der Waals surface area (Å²) in [6.45, 7) is 3.63. The van der Waals surface area contributed by atoms with E-state index in [-0.39, 0.29) is 24.8 Å². The molecule has 0 aromatic heterocycles. The van der Waals surface area contributed by atoms with E-state index >= 15 is 0 Å². The van der Waals surface area contributed by atoms with Gasteiger partial charge in [-0.3, -0.25) is 19.4 Å². The summed E-state index contributed by atoms with van der Waals surface area (Å²) in [4.78, 5) is 44.0. The Morgan fingerprint density at radius 1 is 1.36 bits per heavy atom. The van der Waals surface area contributed by atoms with Crippen molar-refractivity contribution in [1.82, 2.24) is 9.80 Å². The molecule has 2 heterocycles. The van der Waals surface area contributed by atoms with Crippen molar-refractivity contribution in [2.24, 2.45) is 4.99 Å². The predicted molar refractivity (Wildman–Crippen MR) is 95.9 cm³/mol. The Bertz CT molecular complexity index is 846. The van der Waals surface area contributed by atoms with E-state index in [1.807, 2.05) is 31.2 Å². The van der Waals surface area contributed by atoms with Crippen molar-refractivity contribution >= 4 is 44.2 Å². The molecule has 0 saturated carbocycles. The van der Waals surface area contributed by atoms with Crippen molar-refractivity contribution in [2.45, 2.75) is 26.4 Å². The lowest BCUT2D eigenvalue weighted by atomic mass is 10.1. The van der Waals surface area contributed by atoms with Gasteiger partial charge in [0.2, 0.25) is 0 Å². The van der Waals surface area contributed by atoms with Gasteiger partial charge >= 0.3 is 10.8 Å². The summed E-state index contributed by atoms with van der Waals surface area (Å²) in [7, 11) is 1.58. The smallest absolute Gasteiger partial charge is 0.296 e. The minimum absolute atomic E-state index is 0.0459. The molecule has 130 valence electrons. The number of imide groups is 1. The SMILES string of the molecule is CC(=O)C[N+]1=C(Br)N=C2C1C(=O)N(Cc1cccc(C)c1)C(=O)N2C. The second-order valence-electron chi connectivity index (χ2n) is 6.23. The van der Waals surface area contributed by atoms with Crippen molar-refractivity contribution < 1.29 is 19.0 Å². The standard InChI is InChI=1S/C17H18BrN4O3/c1-10-5-4-6-12(7-10)9-22-15(24)13-14(20(3)17(22)25)19-16(18)21(13)8-11(2)23/h4-7,13H,8-9H2,1-3H3/q+1. The number of fused-ring (bicyclic) bond motifs is 1. The van der Waals surface area contributed by atoms with Gasteiger partial charge in [-0.1, -0.05) is 29.8 Å². The number of hydrogen-bond donors (Lipinski definition) is 0. The second kappa shape index (κ2) is 6.51. The van der Waals surface area contributed by atoms with Crippen molar-refractivity contribution in [2.75, 3.05) is 13.6 Å². The van der Waals surface area contributed by atoms with Crippen LogP contribution in [-0.4, -0.2) is 62.3 Å². The van der Waals surface area contributed by atoms with Crippen LogP contribution in [-0.2, 0) is 16.1 Å². The molecule has 2 aliphatic heterocycles. The predicted octanol–water partition coefficient (Wildman–Crippen LogP) is 1.52. The van der Waals surface area contributed by atoms with Gasteiger partial charge in [0.1, 0.15) is 6.54 Å². The number of amidine groups is 2. The van der Waals surface area contributed by atoms with Gasteiger partial charge in [-0.2, -0.15) is 0 Å².